The lowest BCUT2D eigenvalue weighted by Crippen LogP contribution is -2.99. The van der Waals surface area contributed by atoms with Crippen molar-refractivity contribution >= 4 is 29.0 Å². The van der Waals surface area contributed by atoms with Crippen molar-refractivity contribution in [2.45, 2.75) is 119 Å². The molecule has 5 aliphatic rings. The molecule has 0 aliphatic heterocycles. The summed E-state index contributed by atoms with van der Waals surface area (Å²) in [6, 6.07) is 6.57. The van der Waals surface area contributed by atoms with E-state index in [1.807, 2.05) is 13.0 Å². The molecule has 8 nitrogen and oxygen atoms in total. The van der Waals surface area contributed by atoms with Crippen LogP contribution in [0.3, 0.4) is 0 Å². The molecule has 1 aromatic rings. The number of benzene rings is 1. The Kier molecular flexibility index (Phi) is 7.78. The number of anilines is 1. The predicted molar refractivity (Wildman–Crippen MR) is 176 cm³/mol. The summed E-state index contributed by atoms with van der Waals surface area (Å²) in [5.74, 6) is 0.0973. The van der Waals surface area contributed by atoms with Gasteiger partial charge in [-0.15, -0.1) is 0 Å². The van der Waals surface area contributed by atoms with Gasteiger partial charge in [0, 0.05) is 29.7 Å². The van der Waals surface area contributed by atoms with Gasteiger partial charge in [-0.3, -0.25) is 14.4 Å². The molecule has 6 rings (SSSR count). The molecule has 46 heavy (non-hydrogen) atoms. The second kappa shape index (κ2) is 10.7. The Labute approximate surface area is 274 Å². The molecule has 10 atom stereocenters. The third kappa shape index (κ3) is 4.67. The fourth-order valence-electron chi connectivity index (χ4n) is 11.8. The highest BCUT2D eigenvalue weighted by atomic mass is 16.8. The molecule has 0 bridgehead atoms. The molecule has 4 fully saturated rings. The average Bonchev–Trinajstić information content (AvgIpc) is 2.96. The molecule has 4 saturated carbocycles. The number of allylic oxidation sites excluding steroid dienone is 2. The molecule has 1 aromatic carbocycles. The number of rotatable bonds is 4. The van der Waals surface area contributed by atoms with Crippen LogP contribution in [0.25, 0.3) is 0 Å². The third-order valence-electron chi connectivity index (χ3n) is 14.8. The van der Waals surface area contributed by atoms with E-state index in [4.69, 9.17) is 4.74 Å². The molecule has 0 spiro atoms. The van der Waals surface area contributed by atoms with Gasteiger partial charge in [0.2, 0.25) is 5.91 Å². The highest BCUT2D eigenvalue weighted by Gasteiger charge is 2.70. The van der Waals surface area contributed by atoms with Crippen molar-refractivity contribution in [1.82, 2.24) is 0 Å². The fourth-order valence-corrected chi connectivity index (χ4v) is 11.8. The van der Waals surface area contributed by atoms with E-state index in [0.29, 0.717) is 12.1 Å². The van der Waals surface area contributed by atoms with Crippen molar-refractivity contribution in [3.8, 4) is 0 Å². The van der Waals surface area contributed by atoms with Crippen LogP contribution in [0.4, 0.5) is 11.4 Å². The monoisotopic (exact) mass is 634 g/mol. The molecule has 252 valence electrons. The Balaban J connectivity index is 1.34. The standard InChI is InChI=1S/C38H54N2O6/c1-23(41)46-30-14-15-36(6)29(33(30,2)3)13-16-38(8)31(36)28(42)21-24-25-22-35(5,18-17-34(25,4)19-20-37(24,38)7)32(43)39-26-11-9-10-12-27(26)40(44)45/h9-12,21,25,29-31,40,44H,13-20,22H2,1-8H3,(H,39,43)/t25-,29-,30+,31-,34-,35+,36+,37+,38-/m1/s1. The van der Waals surface area contributed by atoms with Crippen molar-refractivity contribution in [3.05, 3.63) is 41.1 Å². The largest absolute Gasteiger partial charge is 0.595 e. The number of ketones is 1. The van der Waals surface area contributed by atoms with E-state index in [-0.39, 0.29) is 74.3 Å². The summed E-state index contributed by atoms with van der Waals surface area (Å²) in [5, 5.41) is 23.5. The Bertz CT molecular complexity index is 1480. The molecule has 0 heterocycles. The van der Waals surface area contributed by atoms with Crippen LogP contribution in [0.5, 0.6) is 0 Å². The van der Waals surface area contributed by atoms with Crippen molar-refractivity contribution in [3.63, 3.8) is 0 Å². The molecule has 3 N–H and O–H groups in total. The van der Waals surface area contributed by atoms with Crippen LogP contribution in [-0.4, -0.2) is 29.0 Å². The van der Waals surface area contributed by atoms with E-state index in [1.165, 1.54) is 18.6 Å². The van der Waals surface area contributed by atoms with Gasteiger partial charge in [-0.25, -0.2) is 5.21 Å². The molecule has 0 saturated heterocycles. The quantitative estimate of drug-likeness (QED) is 0.244. The minimum absolute atomic E-state index is 0.00122. The normalized spacial score (nSPS) is 43.5. The molecule has 1 unspecified atom stereocenters. The zero-order valence-electron chi connectivity index (χ0n) is 29.0. The van der Waals surface area contributed by atoms with E-state index in [2.05, 4.69) is 46.9 Å². The molecule has 5 aliphatic carbocycles. The van der Waals surface area contributed by atoms with Crippen LogP contribution in [0.2, 0.25) is 0 Å². The number of amides is 1. The van der Waals surface area contributed by atoms with Gasteiger partial charge >= 0.3 is 5.97 Å². The third-order valence-corrected chi connectivity index (χ3v) is 14.8. The van der Waals surface area contributed by atoms with Gasteiger partial charge in [0.15, 0.2) is 11.5 Å². The van der Waals surface area contributed by atoms with E-state index >= 15 is 0 Å². The van der Waals surface area contributed by atoms with Crippen LogP contribution >= 0.6 is 0 Å². The number of hydrogen-bond donors (Lipinski definition) is 3. The summed E-state index contributed by atoms with van der Waals surface area (Å²) >= 11 is 0. The number of hydrogen-bond acceptors (Lipinski definition) is 6. The number of quaternary nitrogens is 1. The van der Waals surface area contributed by atoms with Crippen LogP contribution in [-0.2, 0) is 19.1 Å². The summed E-state index contributed by atoms with van der Waals surface area (Å²) in [5.41, 5.74) is 0.123. The molecule has 0 radical (unpaired) electrons. The number of para-hydroxylation sites is 2. The van der Waals surface area contributed by atoms with E-state index in [9.17, 15) is 24.8 Å². The first kappa shape index (κ1) is 33.4. The van der Waals surface area contributed by atoms with E-state index < -0.39 is 10.6 Å². The topological polar surface area (TPSA) is 120 Å². The van der Waals surface area contributed by atoms with Gasteiger partial charge in [-0.05, 0) is 103 Å². The summed E-state index contributed by atoms with van der Waals surface area (Å²) in [6.45, 7) is 17.5. The zero-order chi connectivity index (χ0) is 33.7. The van der Waals surface area contributed by atoms with Gasteiger partial charge in [0.25, 0.3) is 0 Å². The maximum Gasteiger partial charge on any atom is 0.302 e. The van der Waals surface area contributed by atoms with Crippen molar-refractivity contribution in [2.24, 2.45) is 50.2 Å². The summed E-state index contributed by atoms with van der Waals surface area (Å²) in [6.07, 6.45) is 9.78. The maximum atomic E-state index is 14.7. The minimum Gasteiger partial charge on any atom is -0.595 e. The molecule has 8 heteroatoms. The Hall–Kier alpha value is -2.55. The lowest BCUT2D eigenvalue weighted by Gasteiger charge is -2.70. The lowest BCUT2D eigenvalue weighted by atomic mass is 9.33. The van der Waals surface area contributed by atoms with Crippen molar-refractivity contribution in [1.29, 1.82) is 0 Å². The Morgan fingerprint density at radius 1 is 0.957 bits per heavy atom. The van der Waals surface area contributed by atoms with Crippen molar-refractivity contribution < 1.29 is 29.6 Å². The van der Waals surface area contributed by atoms with Crippen LogP contribution in [0, 0.1) is 55.5 Å². The van der Waals surface area contributed by atoms with Crippen LogP contribution < -0.4 is 10.5 Å². The van der Waals surface area contributed by atoms with Gasteiger partial charge in [0.05, 0.1) is 0 Å². The van der Waals surface area contributed by atoms with E-state index in [0.717, 1.165) is 51.4 Å². The van der Waals surface area contributed by atoms with Gasteiger partial charge in [-0.1, -0.05) is 66.2 Å². The average molecular weight is 635 g/mol. The van der Waals surface area contributed by atoms with Gasteiger partial charge in [-0.2, -0.15) is 5.23 Å². The van der Waals surface area contributed by atoms with Gasteiger partial charge < -0.3 is 15.3 Å². The second-order valence-corrected chi connectivity index (χ2v) is 17.5. The number of nitrogens with one attached hydrogen (secondary N) is 2. The summed E-state index contributed by atoms with van der Waals surface area (Å²) in [4.78, 5) is 40.7. The fraction of sp³-hybridized carbons (Fsp3) is 0.711. The predicted octanol–water partition coefficient (Wildman–Crippen LogP) is 6.94. The molecular formula is C38H54N2O6. The number of fused-ring (bicyclic) bond motifs is 7. The van der Waals surface area contributed by atoms with Crippen LogP contribution in [0.15, 0.2) is 35.9 Å². The van der Waals surface area contributed by atoms with E-state index in [1.54, 1.807) is 18.2 Å². The minimum atomic E-state index is -1.07. The maximum absolute atomic E-state index is 14.7. The first-order chi connectivity index (χ1) is 21.3. The number of ether oxygens (including phenoxy) is 1. The first-order valence-electron chi connectivity index (χ1n) is 17.4. The summed E-state index contributed by atoms with van der Waals surface area (Å²) < 4.78 is 5.86. The second-order valence-electron chi connectivity index (χ2n) is 17.5. The van der Waals surface area contributed by atoms with Crippen LogP contribution in [0.1, 0.15) is 113 Å². The molecule has 0 aromatic heterocycles. The van der Waals surface area contributed by atoms with Gasteiger partial charge in [0.1, 0.15) is 11.8 Å². The summed E-state index contributed by atoms with van der Waals surface area (Å²) in [7, 11) is 0. The highest BCUT2D eigenvalue weighted by molar-refractivity contribution is 5.97. The SMILES string of the molecule is CC(=O)O[C@H]1CC[C@@]2(C)[C@H](CC[C@]3(C)[C@@H]2C(=O)C=C2[C@H]4C[C@@](C)(C(=O)Nc5ccccc5[NH+]([O-])O)CC[C@]4(C)CC[C@@]23C)C1(C)C. The molecular weight excluding hydrogens is 580 g/mol. The smallest absolute Gasteiger partial charge is 0.302 e. The number of carbonyl (C=O) groups is 3. The lowest BCUT2D eigenvalue weighted by molar-refractivity contribution is -0.990. The molecule has 1 amide bonds. The Morgan fingerprint density at radius 2 is 1.63 bits per heavy atom. The van der Waals surface area contributed by atoms with Crippen molar-refractivity contribution in [2.75, 3.05) is 5.32 Å². The number of carbonyl (C=O) groups excluding carboxylic acids is 3. The first-order valence-corrected chi connectivity index (χ1v) is 17.4. The Morgan fingerprint density at radius 3 is 2.30 bits per heavy atom. The number of esters is 1. The zero-order valence-corrected chi connectivity index (χ0v) is 29.0. The highest BCUT2D eigenvalue weighted by Crippen LogP contribution is 2.75.